The summed E-state index contributed by atoms with van der Waals surface area (Å²) in [6.45, 7) is 0.0889. The molecule has 0 bridgehead atoms. The number of aryl methyl sites for hydroxylation is 1. The Kier molecular flexibility index (Phi) is 4.98. The highest BCUT2D eigenvalue weighted by Crippen LogP contribution is 2.26. The molecule has 1 aliphatic heterocycles. The van der Waals surface area contributed by atoms with Crippen molar-refractivity contribution < 1.29 is 24.1 Å². The third-order valence-corrected chi connectivity index (χ3v) is 4.60. The first kappa shape index (κ1) is 17.3. The van der Waals surface area contributed by atoms with Crippen LogP contribution in [0.5, 0.6) is 5.88 Å². The summed E-state index contributed by atoms with van der Waals surface area (Å²) in [5, 5.41) is 19.0. The number of aliphatic hydroxyl groups excluding tert-OH is 1. The van der Waals surface area contributed by atoms with Crippen molar-refractivity contribution in [2.75, 3.05) is 13.7 Å². The van der Waals surface area contributed by atoms with E-state index in [2.05, 4.69) is 9.97 Å². The standard InChI is InChI=1S/C17H20FN3O4/c1-25-15-7-6-14-16(20-15)12(13(18)8-19-14)5-3-10-2-4-11(22)9-21(10)17(23)24/h6-8,10-11,22H,2-5,9H2,1H3,(H,23,24)/t10-,11-/m1/s1. The summed E-state index contributed by atoms with van der Waals surface area (Å²) < 4.78 is 19.4. The van der Waals surface area contributed by atoms with Crippen molar-refractivity contribution in [3.63, 3.8) is 0 Å². The van der Waals surface area contributed by atoms with Crippen molar-refractivity contribution >= 4 is 17.1 Å². The van der Waals surface area contributed by atoms with E-state index in [4.69, 9.17) is 4.74 Å². The molecule has 8 heteroatoms. The van der Waals surface area contributed by atoms with Crippen molar-refractivity contribution in [1.29, 1.82) is 0 Å². The minimum atomic E-state index is -1.07. The monoisotopic (exact) mass is 349 g/mol. The SMILES string of the molecule is COc1ccc2ncc(F)c(CC[C@H]3CC[C@@H](O)CN3C(=O)O)c2n1. The van der Waals surface area contributed by atoms with Crippen LogP contribution < -0.4 is 4.74 Å². The quantitative estimate of drug-likeness (QED) is 0.879. The number of nitrogens with zero attached hydrogens (tertiary/aromatic N) is 3. The van der Waals surface area contributed by atoms with Crippen LogP contribution in [0.4, 0.5) is 9.18 Å². The van der Waals surface area contributed by atoms with Crippen LogP contribution in [-0.2, 0) is 6.42 Å². The van der Waals surface area contributed by atoms with Crippen LogP contribution in [0.3, 0.4) is 0 Å². The van der Waals surface area contributed by atoms with Crippen LogP contribution in [0.1, 0.15) is 24.8 Å². The van der Waals surface area contributed by atoms with E-state index < -0.39 is 18.0 Å². The Morgan fingerprint density at radius 3 is 2.96 bits per heavy atom. The normalized spacial score (nSPS) is 20.7. The Balaban J connectivity index is 1.85. The zero-order chi connectivity index (χ0) is 18.0. The number of fused-ring (bicyclic) bond motifs is 1. The van der Waals surface area contributed by atoms with Gasteiger partial charge in [0.1, 0.15) is 5.82 Å². The lowest BCUT2D eigenvalue weighted by molar-refractivity contribution is 0.0348. The highest BCUT2D eigenvalue weighted by atomic mass is 19.1. The maximum atomic E-state index is 14.3. The number of likely N-dealkylation sites (tertiary alicyclic amines) is 1. The molecule has 134 valence electrons. The van der Waals surface area contributed by atoms with Gasteiger partial charge in [-0.3, -0.25) is 4.98 Å². The molecule has 2 atom stereocenters. The number of hydrogen-bond acceptors (Lipinski definition) is 5. The van der Waals surface area contributed by atoms with Gasteiger partial charge in [-0.05, 0) is 31.7 Å². The lowest BCUT2D eigenvalue weighted by atomic mass is 9.94. The molecule has 2 aromatic rings. The van der Waals surface area contributed by atoms with E-state index in [9.17, 15) is 19.4 Å². The summed E-state index contributed by atoms with van der Waals surface area (Å²) in [5.74, 6) is -0.0972. The van der Waals surface area contributed by atoms with E-state index in [-0.39, 0.29) is 12.6 Å². The summed E-state index contributed by atoms with van der Waals surface area (Å²) in [5.41, 5.74) is 1.39. The second-order valence-electron chi connectivity index (χ2n) is 6.16. The third kappa shape index (κ3) is 3.63. The van der Waals surface area contributed by atoms with E-state index in [1.165, 1.54) is 12.0 Å². The van der Waals surface area contributed by atoms with Crippen LogP contribution >= 0.6 is 0 Å². The van der Waals surface area contributed by atoms with Crippen LogP contribution in [-0.4, -0.2) is 57.0 Å². The molecular weight excluding hydrogens is 329 g/mol. The average Bonchev–Trinajstić information content (AvgIpc) is 2.61. The number of β-amino-alcohol motifs (C(OH)–C–C–N with tert-alkyl or cyclic N) is 1. The fraction of sp³-hybridized carbons (Fsp3) is 0.471. The molecule has 1 saturated heterocycles. The van der Waals surface area contributed by atoms with Gasteiger partial charge in [0.2, 0.25) is 5.88 Å². The van der Waals surface area contributed by atoms with Crippen molar-refractivity contribution in [3.05, 3.63) is 29.7 Å². The smallest absolute Gasteiger partial charge is 0.407 e. The van der Waals surface area contributed by atoms with Gasteiger partial charge in [0.25, 0.3) is 0 Å². The van der Waals surface area contributed by atoms with Gasteiger partial charge in [-0.25, -0.2) is 14.2 Å². The van der Waals surface area contributed by atoms with Crippen LogP contribution in [0, 0.1) is 5.82 Å². The molecule has 0 spiro atoms. The molecule has 3 heterocycles. The number of pyridine rings is 2. The first-order valence-electron chi connectivity index (χ1n) is 8.15. The maximum absolute atomic E-state index is 14.3. The van der Waals surface area contributed by atoms with E-state index in [1.54, 1.807) is 12.1 Å². The largest absolute Gasteiger partial charge is 0.481 e. The predicted molar refractivity (Wildman–Crippen MR) is 88.1 cm³/mol. The van der Waals surface area contributed by atoms with E-state index in [1.807, 2.05) is 0 Å². The third-order valence-electron chi connectivity index (χ3n) is 4.60. The van der Waals surface area contributed by atoms with Crippen LogP contribution in [0.15, 0.2) is 18.3 Å². The number of aromatic nitrogens is 2. The van der Waals surface area contributed by atoms with Gasteiger partial charge in [0.15, 0.2) is 0 Å². The molecule has 1 fully saturated rings. The number of rotatable bonds is 4. The number of aliphatic hydroxyl groups is 1. The Labute approximate surface area is 144 Å². The highest BCUT2D eigenvalue weighted by Gasteiger charge is 2.30. The van der Waals surface area contributed by atoms with Crippen molar-refractivity contribution in [2.24, 2.45) is 0 Å². The van der Waals surface area contributed by atoms with Gasteiger partial charge in [-0.2, -0.15) is 0 Å². The molecule has 0 radical (unpaired) electrons. The molecule has 1 aliphatic rings. The summed E-state index contributed by atoms with van der Waals surface area (Å²) >= 11 is 0. The molecule has 2 N–H and O–H groups in total. The number of piperidine rings is 1. The fourth-order valence-corrected chi connectivity index (χ4v) is 3.28. The zero-order valence-electron chi connectivity index (χ0n) is 13.9. The zero-order valence-corrected chi connectivity index (χ0v) is 13.9. The van der Waals surface area contributed by atoms with Crippen LogP contribution in [0.2, 0.25) is 0 Å². The minimum Gasteiger partial charge on any atom is -0.481 e. The molecule has 0 saturated carbocycles. The van der Waals surface area contributed by atoms with E-state index >= 15 is 0 Å². The number of carbonyl (C=O) groups is 1. The maximum Gasteiger partial charge on any atom is 0.407 e. The number of amides is 1. The van der Waals surface area contributed by atoms with Crippen molar-refractivity contribution in [2.45, 2.75) is 37.8 Å². The van der Waals surface area contributed by atoms with Gasteiger partial charge < -0.3 is 19.8 Å². The van der Waals surface area contributed by atoms with Gasteiger partial charge >= 0.3 is 6.09 Å². The molecule has 0 aliphatic carbocycles. The van der Waals surface area contributed by atoms with Crippen molar-refractivity contribution in [3.8, 4) is 5.88 Å². The second-order valence-corrected chi connectivity index (χ2v) is 6.16. The van der Waals surface area contributed by atoms with Crippen molar-refractivity contribution in [1.82, 2.24) is 14.9 Å². The number of methoxy groups -OCH3 is 1. The second kappa shape index (κ2) is 7.18. The minimum absolute atomic E-state index is 0.0889. The highest BCUT2D eigenvalue weighted by molar-refractivity contribution is 5.78. The topological polar surface area (TPSA) is 95.8 Å². The summed E-state index contributed by atoms with van der Waals surface area (Å²) in [4.78, 5) is 20.9. The lowest BCUT2D eigenvalue weighted by Crippen LogP contribution is -2.48. The Morgan fingerprint density at radius 2 is 2.24 bits per heavy atom. The molecule has 3 rings (SSSR count). The molecule has 0 aromatic carbocycles. The van der Waals surface area contributed by atoms with Gasteiger partial charge in [0, 0.05) is 17.7 Å². The fourth-order valence-electron chi connectivity index (χ4n) is 3.28. The van der Waals surface area contributed by atoms with E-state index in [0.717, 1.165) is 6.20 Å². The van der Waals surface area contributed by atoms with E-state index in [0.29, 0.717) is 48.2 Å². The number of ether oxygens (including phenoxy) is 1. The average molecular weight is 349 g/mol. The Morgan fingerprint density at radius 1 is 1.44 bits per heavy atom. The number of carboxylic acid groups (broad SMARTS) is 1. The first-order valence-corrected chi connectivity index (χ1v) is 8.15. The van der Waals surface area contributed by atoms with Gasteiger partial charge in [0.05, 0.1) is 37.0 Å². The number of halogens is 1. The molecule has 1 amide bonds. The molecule has 7 nitrogen and oxygen atoms in total. The Hall–Kier alpha value is -2.48. The molecule has 25 heavy (non-hydrogen) atoms. The van der Waals surface area contributed by atoms with Gasteiger partial charge in [-0.1, -0.05) is 0 Å². The van der Waals surface area contributed by atoms with Gasteiger partial charge in [-0.15, -0.1) is 0 Å². The Bertz CT molecular complexity index is 786. The molecule has 2 aromatic heterocycles. The molecule has 0 unspecified atom stereocenters. The van der Waals surface area contributed by atoms with Crippen LogP contribution in [0.25, 0.3) is 11.0 Å². The lowest BCUT2D eigenvalue weighted by Gasteiger charge is -2.36. The predicted octanol–water partition coefficient (Wildman–Crippen LogP) is 2.21. The summed E-state index contributed by atoms with van der Waals surface area (Å²) in [6.07, 6.45) is 1.32. The number of hydrogen-bond donors (Lipinski definition) is 2. The summed E-state index contributed by atoms with van der Waals surface area (Å²) in [6, 6.07) is 3.12. The first-order chi connectivity index (χ1) is 12.0. The summed E-state index contributed by atoms with van der Waals surface area (Å²) in [7, 11) is 1.48. The molecular formula is C17H20FN3O4.